The Kier molecular flexibility index (Phi) is 4.00. The highest BCUT2D eigenvalue weighted by atomic mass is 16.5. The van der Waals surface area contributed by atoms with Crippen molar-refractivity contribution in [2.45, 2.75) is 6.42 Å². The minimum atomic E-state index is -0.0307. The molecule has 4 rings (SSSR count). The fourth-order valence-electron chi connectivity index (χ4n) is 3.19. The number of nitrogens with one attached hydrogen (secondary N) is 1. The first-order valence-electron chi connectivity index (χ1n) is 8.07. The van der Waals surface area contributed by atoms with Gasteiger partial charge in [-0.05, 0) is 18.6 Å². The fourth-order valence-corrected chi connectivity index (χ4v) is 3.19. The average molecular weight is 325 g/mol. The second-order valence-electron chi connectivity index (χ2n) is 6.04. The van der Waals surface area contributed by atoms with Crippen molar-refractivity contribution in [3.8, 4) is 0 Å². The molecule has 7 heteroatoms. The van der Waals surface area contributed by atoms with Gasteiger partial charge < -0.3 is 19.0 Å². The van der Waals surface area contributed by atoms with Crippen molar-refractivity contribution in [1.82, 2.24) is 24.3 Å². The van der Waals surface area contributed by atoms with Crippen molar-refractivity contribution in [2.24, 2.45) is 5.92 Å². The summed E-state index contributed by atoms with van der Waals surface area (Å²) >= 11 is 0. The van der Waals surface area contributed by atoms with Gasteiger partial charge in [-0.15, -0.1) is 0 Å². The van der Waals surface area contributed by atoms with Crippen LogP contribution in [-0.2, 0) is 11.2 Å². The van der Waals surface area contributed by atoms with Crippen LogP contribution in [0.3, 0.4) is 0 Å². The molecule has 1 amide bonds. The molecule has 1 fully saturated rings. The van der Waals surface area contributed by atoms with Crippen LogP contribution in [0.1, 0.15) is 16.2 Å². The van der Waals surface area contributed by atoms with Crippen LogP contribution >= 0.6 is 0 Å². The Morgan fingerprint density at radius 3 is 3.25 bits per heavy atom. The molecule has 1 atom stereocenters. The maximum Gasteiger partial charge on any atom is 0.272 e. The van der Waals surface area contributed by atoms with Gasteiger partial charge in [-0.2, -0.15) is 0 Å². The van der Waals surface area contributed by atoms with E-state index in [1.54, 1.807) is 6.20 Å². The monoisotopic (exact) mass is 325 g/mol. The minimum Gasteiger partial charge on any atom is -0.379 e. The van der Waals surface area contributed by atoms with Gasteiger partial charge in [0.1, 0.15) is 5.69 Å². The highest BCUT2D eigenvalue weighted by molar-refractivity contribution is 5.92. The summed E-state index contributed by atoms with van der Waals surface area (Å²) in [6, 6.07) is 4.07. The Labute approximate surface area is 139 Å². The summed E-state index contributed by atoms with van der Waals surface area (Å²) in [6.07, 6.45) is 9.63. The number of hydrogen-bond donors (Lipinski definition) is 1. The number of carbonyl (C=O) groups is 1. The van der Waals surface area contributed by atoms with E-state index in [-0.39, 0.29) is 11.8 Å². The number of fused-ring (bicyclic) bond motifs is 1. The van der Waals surface area contributed by atoms with Gasteiger partial charge in [0.25, 0.3) is 5.91 Å². The third-order valence-corrected chi connectivity index (χ3v) is 4.37. The molecule has 0 radical (unpaired) electrons. The summed E-state index contributed by atoms with van der Waals surface area (Å²) in [6.45, 7) is 2.44. The Balaban J connectivity index is 1.52. The smallest absolute Gasteiger partial charge is 0.272 e. The third-order valence-electron chi connectivity index (χ3n) is 4.37. The Morgan fingerprint density at radius 1 is 1.42 bits per heavy atom. The molecule has 0 aliphatic carbocycles. The number of nitrogens with zero attached hydrogens (tertiary/aromatic N) is 4. The normalized spacial score (nSPS) is 18.7. The van der Waals surface area contributed by atoms with Crippen molar-refractivity contribution in [3.63, 3.8) is 0 Å². The molecule has 0 aromatic carbocycles. The van der Waals surface area contributed by atoms with E-state index in [9.17, 15) is 4.79 Å². The number of aromatic nitrogens is 4. The lowest BCUT2D eigenvalue weighted by Gasteiger charge is -2.23. The molecule has 1 aliphatic rings. The predicted molar refractivity (Wildman–Crippen MR) is 87.7 cm³/mol. The van der Waals surface area contributed by atoms with E-state index in [2.05, 4.69) is 25.4 Å². The van der Waals surface area contributed by atoms with Crippen LogP contribution in [-0.4, -0.2) is 56.5 Å². The van der Waals surface area contributed by atoms with E-state index in [0.717, 1.165) is 17.6 Å². The highest BCUT2D eigenvalue weighted by Crippen LogP contribution is 2.18. The van der Waals surface area contributed by atoms with Gasteiger partial charge in [0, 0.05) is 37.6 Å². The summed E-state index contributed by atoms with van der Waals surface area (Å²) in [4.78, 5) is 25.7. The van der Waals surface area contributed by atoms with Crippen LogP contribution in [0.4, 0.5) is 0 Å². The average Bonchev–Trinajstić information content (AvgIpc) is 3.24. The zero-order valence-electron chi connectivity index (χ0n) is 13.3. The zero-order valence-corrected chi connectivity index (χ0v) is 13.3. The van der Waals surface area contributed by atoms with Gasteiger partial charge in [0.15, 0.2) is 0 Å². The number of imidazole rings is 1. The maximum absolute atomic E-state index is 12.6. The molecule has 7 nitrogen and oxygen atoms in total. The summed E-state index contributed by atoms with van der Waals surface area (Å²) < 4.78 is 7.78. The van der Waals surface area contributed by atoms with Gasteiger partial charge in [0.05, 0.1) is 36.9 Å². The van der Waals surface area contributed by atoms with Crippen LogP contribution < -0.4 is 0 Å². The Hall–Kier alpha value is -2.67. The number of carbonyl (C=O) groups excluding carboxylic acids is 1. The first-order chi connectivity index (χ1) is 11.8. The molecule has 4 heterocycles. The van der Waals surface area contributed by atoms with E-state index in [1.807, 2.05) is 29.6 Å². The molecule has 124 valence electrons. The number of ether oxygens (including phenoxy) is 1. The summed E-state index contributed by atoms with van der Waals surface area (Å²) in [5, 5.41) is 0. The number of aromatic amines is 1. The SMILES string of the molecule is O=C(c1cnc[nH]1)N1CCOCC(Cc2nccn3cccc23)C1. The quantitative estimate of drug-likeness (QED) is 0.789. The number of amides is 1. The largest absolute Gasteiger partial charge is 0.379 e. The lowest BCUT2D eigenvalue weighted by Crippen LogP contribution is -2.36. The Morgan fingerprint density at radius 2 is 2.38 bits per heavy atom. The molecule has 24 heavy (non-hydrogen) atoms. The van der Waals surface area contributed by atoms with Crippen molar-refractivity contribution < 1.29 is 9.53 Å². The van der Waals surface area contributed by atoms with Gasteiger partial charge >= 0.3 is 0 Å². The van der Waals surface area contributed by atoms with E-state index in [0.29, 0.717) is 32.0 Å². The van der Waals surface area contributed by atoms with Crippen LogP contribution in [0, 0.1) is 5.92 Å². The first kappa shape index (κ1) is 14.9. The number of rotatable bonds is 3. The maximum atomic E-state index is 12.6. The summed E-state index contributed by atoms with van der Waals surface area (Å²) in [5.74, 6) is 0.185. The minimum absolute atomic E-state index is 0.0307. The standard InChI is InChI=1S/C17H19N5O2/c23-17(15-9-18-12-20-15)22-6-7-24-11-13(10-22)8-14-16-2-1-4-21(16)5-3-19-14/h1-5,9,12-13H,6-8,10-11H2,(H,18,20). The molecule has 3 aromatic rings. The van der Waals surface area contributed by atoms with Crippen LogP contribution in [0.25, 0.3) is 5.52 Å². The molecule has 3 aromatic heterocycles. The van der Waals surface area contributed by atoms with Gasteiger partial charge in [-0.1, -0.05) is 0 Å². The van der Waals surface area contributed by atoms with Crippen LogP contribution in [0.15, 0.2) is 43.2 Å². The Bertz CT molecular complexity index is 827. The fraction of sp³-hybridized carbons (Fsp3) is 0.353. The van der Waals surface area contributed by atoms with Crippen molar-refractivity contribution in [3.05, 3.63) is 54.6 Å². The molecular formula is C17H19N5O2. The van der Waals surface area contributed by atoms with Gasteiger partial charge in [-0.3, -0.25) is 9.78 Å². The second-order valence-corrected chi connectivity index (χ2v) is 6.04. The molecule has 1 N–H and O–H groups in total. The molecule has 0 spiro atoms. The molecular weight excluding hydrogens is 306 g/mol. The van der Waals surface area contributed by atoms with Crippen molar-refractivity contribution in [2.75, 3.05) is 26.3 Å². The lowest BCUT2D eigenvalue weighted by molar-refractivity contribution is 0.0732. The molecule has 1 saturated heterocycles. The second kappa shape index (κ2) is 6.45. The topological polar surface area (TPSA) is 75.5 Å². The molecule has 1 unspecified atom stereocenters. The first-order valence-corrected chi connectivity index (χ1v) is 8.07. The van der Waals surface area contributed by atoms with Gasteiger partial charge in [-0.25, -0.2) is 4.98 Å². The third kappa shape index (κ3) is 2.90. The van der Waals surface area contributed by atoms with E-state index >= 15 is 0 Å². The van der Waals surface area contributed by atoms with Crippen molar-refractivity contribution in [1.29, 1.82) is 0 Å². The lowest BCUT2D eigenvalue weighted by atomic mass is 10.0. The van der Waals surface area contributed by atoms with Crippen molar-refractivity contribution >= 4 is 11.4 Å². The van der Waals surface area contributed by atoms with E-state index in [1.165, 1.54) is 6.33 Å². The van der Waals surface area contributed by atoms with Gasteiger partial charge in [0.2, 0.25) is 0 Å². The zero-order chi connectivity index (χ0) is 16.4. The van der Waals surface area contributed by atoms with Crippen LogP contribution in [0.5, 0.6) is 0 Å². The number of H-pyrrole nitrogens is 1. The predicted octanol–water partition coefficient (Wildman–Crippen LogP) is 1.39. The van der Waals surface area contributed by atoms with Crippen LogP contribution in [0.2, 0.25) is 0 Å². The highest BCUT2D eigenvalue weighted by Gasteiger charge is 2.25. The van der Waals surface area contributed by atoms with E-state index in [4.69, 9.17) is 4.74 Å². The number of hydrogen-bond acceptors (Lipinski definition) is 4. The summed E-state index contributed by atoms with van der Waals surface area (Å²) in [5.41, 5.74) is 2.66. The molecule has 0 saturated carbocycles. The summed E-state index contributed by atoms with van der Waals surface area (Å²) in [7, 11) is 0. The molecule has 1 aliphatic heterocycles. The van der Waals surface area contributed by atoms with E-state index < -0.39 is 0 Å². The molecule has 0 bridgehead atoms.